The number of hydrogen-bond acceptors (Lipinski definition) is 9. The summed E-state index contributed by atoms with van der Waals surface area (Å²) in [4.78, 5) is 81.5. The zero-order chi connectivity index (χ0) is 26.4. The summed E-state index contributed by atoms with van der Waals surface area (Å²) in [6, 6.07) is -5.98. The van der Waals surface area contributed by atoms with Crippen molar-refractivity contribution in [1.82, 2.24) is 16.0 Å². The molecule has 0 aromatic heterocycles. The van der Waals surface area contributed by atoms with E-state index in [1.807, 2.05) is 5.32 Å². The zero-order valence-corrected chi connectivity index (χ0v) is 19.1. The Morgan fingerprint density at radius 2 is 1.29 bits per heavy atom. The van der Waals surface area contributed by atoms with Crippen LogP contribution in [0.2, 0.25) is 0 Å². The standard InChI is InChI=1S/C18H29N5O10S/c1-34-5-4-9(21-15(29)8(19)6-12(20)24)16(30)23-11(7-14(27)28)17(31)22-10(18(32)33)2-3-13(25)26/h8-11H,2-7,19H2,1H3,(H2,20,24)(H,21,29)(H,22,31)(H,23,30)(H,25,26)(H,27,28)(H,32,33). The molecular formula is C18H29N5O10S. The molecular weight excluding hydrogens is 478 g/mol. The van der Waals surface area contributed by atoms with Crippen molar-refractivity contribution in [3.8, 4) is 0 Å². The molecule has 0 heterocycles. The molecule has 34 heavy (non-hydrogen) atoms. The quantitative estimate of drug-likeness (QED) is 0.0968. The van der Waals surface area contributed by atoms with Crippen LogP contribution in [-0.4, -0.2) is 93.0 Å². The monoisotopic (exact) mass is 507 g/mol. The molecule has 0 aromatic carbocycles. The van der Waals surface area contributed by atoms with Crippen LogP contribution < -0.4 is 27.4 Å². The van der Waals surface area contributed by atoms with E-state index in [1.165, 1.54) is 11.8 Å². The second kappa shape index (κ2) is 15.4. The molecule has 4 amide bonds. The van der Waals surface area contributed by atoms with E-state index in [4.69, 9.17) is 21.7 Å². The molecule has 192 valence electrons. The van der Waals surface area contributed by atoms with Crippen LogP contribution in [0.4, 0.5) is 0 Å². The lowest BCUT2D eigenvalue weighted by Crippen LogP contribution is -2.57. The van der Waals surface area contributed by atoms with Crippen molar-refractivity contribution in [1.29, 1.82) is 0 Å². The number of carboxylic acid groups (broad SMARTS) is 3. The van der Waals surface area contributed by atoms with E-state index < -0.39 is 91.4 Å². The van der Waals surface area contributed by atoms with Crippen molar-refractivity contribution in [2.24, 2.45) is 11.5 Å². The second-order valence-corrected chi connectivity index (χ2v) is 8.10. The third-order valence-electron chi connectivity index (χ3n) is 4.27. The van der Waals surface area contributed by atoms with Gasteiger partial charge in [-0.05, 0) is 24.9 Å². The summed E-state index contributed by atoms with van der Waals surface area (Å²) in [7, 11) is 0. The summed E-state index contributed by atoms with van der Waals surface area (Å²) in [6.45, 7) is 0. The topological polar surface area (TPSA) is 268 Å². The summed E-state index contributed by atoms with van der Waals surface area (Å²) in [6.07, 6.45) is -0.692. The molecule has 15 nitrogen and oxygen atoms in total. The van der Waals surface area contributed by atoms with Gasteiger partial charge in [-0.2, -0.15) is 11.8 Å². The minimum Gasteiger partial charge on any atom is -0.481 e. The average Bonchev–Trinajstić information content (AvgIpc) is 2.71. The van der Waals surface area contributed by atoms with E-state index >= 15 is 0 Å². The number of rotatable bonds is 17. The fourth-order valence-corrected chi connectivity index (χ4v) is 3.02. The predicted molar refractivity (Wildman–Crippen MR) is 117 cm³/mol. The molecule has 4 unspecified atom stereocenters. The van der Waals surface area contributed by atoms with Gasteiger partial charge < -0.3 is 42.7 Å². The number of aliphatic carboxylic acids is 3. The van der Waals surface area contributed by atoms with Gasteiger partial charge in [-0.25, -0.2) is 4.79 Å². The van der Waals surface area contributed by atoms with Crippen LogP contribution >= 0.6 is 11.8 Å². The van der Waals surface area contributed by atoms with Gasteiger partial charge in [0.1, 0.15) is 18.1 Å². The molecule has 0 saturated carbocycles. The zero-order valence-electron chi connectivity index (χ0n) is 18.3. The highest BCUT2D eigenvalue weighted by Crippen LogP contribution is 2.05. The number of amides is 4. The summed E-state index contributed by atoms with van der Waals surface area (Å²) >= 11 is 1.33. The number of nitrogens with one attached hydrogen (secondary N) is 3. The van der Waals surface area contributed by atoms with Crippen molar-refractivity contribution >= 4 is 53.3 Å². The highest BCUT2D eigenvalue weighted by Gasteiger charge is 2.31. The smallest absolute Gasteiger partial charge is 0.326 e. The first-order valence-corrected chi connectivity index (χ1v) is 11.3. The lowest BCUT2D eigenvalue weighted by atomic mass is 10.1. The van der Waals surface area contributed by atoms with Crippen LogP contribution in [0, 0.1) is 0 Å². The van der Waals surface area contributed by atoms with Gasteiger partial charge in [-0.1, -0.05) is 0 Å². The van der Waals surface area contributed by atoms with Crippen molar-refractivity contribution < 1.29 is 48.9 Å². The van der Waals surface area contributed by atoms with E-state index in [0.29, 0.717) is 5.75 Å². The third kappa shape index (κ3) is 12.6. The van der Waals surface area contributed by atoms with Gasteiger partial charge in [0, 0.05) is 6.42 Å². The minimum absolute atomic E-state index is 0.0554. The fourth-order valence-electron chi connectivity index (χ4n) is 2.55. The number of carbonyl (C=O) groups is 7. The van der Waals surface area contributed by atoms with Gasteiger partial charge in [-0.3, -0.25) is 28.8 Å². The Morgan fingerprint density at radius 1 is 0.765 bits per heavy atom. The van der Waals surface area contributed by atoms with Crippen LogP contribution in [0.25, 0.3) is 0 Å². The minimum atomic E-state index is -1.73. The van der Waals surface area contributed by atoms with Gasteiger partial charge in [0.25, 0.3) is 0 Å². The Hall–Kier alpha value is -3.40. The van der Waals surface area contributed by atoms with E-state index in [0.717, 1.165) is 0 Å². The summed E-state index contributed by atoms with van der Waals surface area (Å²) in [5.74, 6) is -7.83. The Bertz CT molecular complexity index is 793. The summed E-state index contributed by atoms with van der Waals surface area (Å²) in [5.41, 5.74) is 10.5. The molecule has 0 saturated heterocycles. The number of carboxylic acids is 3. The van der Waals surface area contributed by atoms with E-state index in [9.17, 15) is 38.7 Å². The SMILES string of the molecule is CSCCC(NC(=O)C(N)CC(N)=O)C(=O)NC(CC(=O)O)C(=O)NC(CCC(=O)O)C(=O)O. The van der Waals surface area contributed by atoms with Crippen molar-refractivity contribution in [3.63, 3.8) is 0 Å². The van der Waals surface area contributed by atoms with Gasteiger partial charge in [0.15, 0.2) is 0 Å². The van der Waals surface area contributed by atoms with Crippen LogP contribution in [0.1, 0.15) is 32.1 Å². The van der Waals surface area contributed by atoms with Gasteiger partial charge in [-0.15, -0.1) is 0 Å². The Morgan fingerprint density at radius 3 is 1.76 bits per heavy atom. The van der Waals surface area contributed by atoms with Crippen LogP contribution in [0.15, 0.2) is 0 Å². The van der Waals surface area contributed by atoms with Crippen molar-refractivity contribution in [2.75, 3.05) is 12.0 Å². The molecule has 0 radical (unpaired) electrons. The van der Waals surface area contributed by atoms with Crippen LogP contribution in [-0.2, 0) is 33.6 Å². The number of carbonyl (C=O) groups excluding carboxylic acids is 4. The molecule has 4 atom stereocenters. The number of nitrogens with two attached hydrogens (primary N) is 2. The highest BCUT2D eigenvalue weighted by molar-refractivity contribution is 7.98. The molecule has 0 aliphatic heterocycles. The molecule has 0 aliphatic rings. The first-order chi connectivity index (χ1) is 15.8. The second-order valence-electron chi connectivity index (χ2n) is 7.11. The maximum Gasteiger partial charge on any atom is 0.326 e. The molecule has 0 aliphatic carbocycles. The highest BCUT2D eigenvalue weighted by atomic mass is 32.2. The Labute approximate surface area is 198 Å². The molecule has 0 fully saturated rings. The number of hydrogen-bond donors (Lipinski definition) is 8. The molecule has 16 heteroatoms. The first-order valence-electron chi connectivity index (χ1n) is 9.88. The normalized spacial score (nSPS) is 14.1. The summed E-state index contributed by atoms with van der Waals surface area (Å²) in [5, 5.41) is 33.4. The molecule has 0 aromatic rings. The fraction of sp³-hybridized carbons (Fsp3) is 0.611. The Kier molecular flexibility index (Phi) is 13.9. The van der Waals surface area contributed by atoms with E-state index in [-0.39, 0.29) is 6.42 Å². The van der Waals surface area contributed by atoms with E-state index in [2.05, 4.69) is 10.6 Å². The number of thioether (sulfide) groups is 1. The molecule has 0 bridgehead atoms. The Balaban J connectivity index is 5.50. The maximum absolute atomic E-state index is 12.7. The predicted octanol–water partition coefficient (Wildman–Crippen LogP) is -3.18. The molecule has 0 rings (SSSR count). The average molecular weight is 508 g/mol. The summed E-state index contributed by atoms with van der Waals surface area (Å²) < 4.78 is 0. The molecule has 0 spiro atoms. The third-order valence-corrected chi connectivity index (χ3v) is 4.92. The van der Waals surface area contributed by atoms with Crippen LogP contribution in [0.3, 0.4) is 0 Å². The number of primary amides is 1. The van der Waals surface area contributed by atoms with Crippen LogP contribution in [0.5, 0.6) is 0 Å². The first kappa shape index (κ1) is 30.6. The lowest BCUT2D eigenvalue weighted by molar-refractivity contribution is -0.144. The van der Waals surface area contributed by atoms with Crippen molar-refractivity contribution in [2.45, 2.75) is 56.3 Å². The lowest BCUT2D eigenvalue weighted by Gasteiger charge is -2.24. The largest absolute Gasteiger partial charge is 0.481 e. The van der Waals surface area contributed by atoms with E-state index in [1.54, 1.807) is 6.26 Å². The van der Waals surface area contributed by atoms with Gasteiger partial charge >= 0.3 is 17.9 Å². The maximum atomic E-state index is 12.7. The molecule has 10 N–H and O–H groups in total. The van der Waals surface area contributed by atoms with Gasteiger partial charge in [0.2, 0.25) is 23.6 Å². The van der Waals surface area contributed by atoms with Gasteiger partial charge in [0.05, 0.1) is 18.9 Å². The van der Waals surface area contributed by atoms with Crippen molar-refractivity contribution in [3.05, 3.63) is 0 Å².